The molecule has 186 valence electrons. The molecule has 1 unspecified atom stereocenters. The van der Waals surface area contributed by atoms with E-state index in [9.17, 15) is 31.1 Å². The van der Waals surface area contributed by atoms with E-state index in [1.165, 1.54) is 38.2 Å². The second-order valence-electron chi connectivity index (χ2n) is 7.29. The van der Waals surface area contributed by atoms with Gasteiger partial charge in [-0.2, -0.15) is 26.3 Å². The predicted molar refractivity (Wildman–Crippen MR) is 116 cm³/mol. The molecule has 0 spiro atoms. The molecule has 0 bridgehead atoms. The average Bonchev–Trinajstić information content (AvgIpc) is 3.16. The van der Waals surface area contributed by atoms with Crippen LogP contribution in [0.25, 0.3) is 0 Å². The number of hydrazine groups is 1. The first-order valence-electron chi connectivity index (χ1n) is 9.48. The Balaban J connectivity index is 2.35. The summed E-state index contributed by atoms with van der Waals surface area (Å²) in [5, 5.41) is 4.48. The highest BCUT2D eigenvalue weighted by atomic mass is 35.5. The molecule has 1 atom stereocenters. The SMILES string of the molecule is C=C/C(Cl)=C(\C=C(/C)C1=NOC(c2cccc(Cl)c2)(C(F)(F)F)C1)N(C)NC(=O)CC(F)(F)F. The minimum atomic E-state index is -4.86. The molecule has 2 rings (SSSR count). The van der Waals surface area contributed by atoms with Gasteiger partial charge in [0, 0.05) is 24.1 Å². The standard InChI is InChI=1S/C21H19Cl2F6N3O2/c1-4-15(23)17(32(3)30-18(33)11-20(24,25)26)8-12(2)16-10-19(34-31-16,21(27,28)29)13-6-5-7-14(22)9-13/h4-9H,1,10-11H2,2-3H3,(H,30,33)/b12-8+,17-15-. The van der Waals surface area contributed by atoms with Gasteiger partial charge in [0.2, 0.25) is 5.91 Å². The second kappa shape index (κ2) is 10.3. The zero-order valence-electron chi connectivity index (χ0n) is 17.8. The van der Waals surface area contributed by atoms with Gasteiger partial charge < -0.3 is 4.84 Å². The molecule has 1 aromatic rings. The summed E-state index contributed by atoms with van der Waals surface area (Å²) >= 11 is 11.9. The number of hydrogen-bond donors (Lipinski definition) is 1. The summed E-state index contributed by atoms with van der Waals surface area (Å²) in [6.07, 6.45) is -9.66. The molecule has 13 heteroatoms. The highest BCUT2D eigenvalue weighted by molar-refractivity contribution is 6.31. The summed E-state index contributed by atoms with van der Waals surface area (Å²) < 4.78 is 79.6. The van der Waals surface area contributed by atoms with E-state index in [1.807, 2.05) is 5.43 Å². The van der Waals surface area contributed by atoms with Gasteiger partial charge in [-0.05, 0) is 36.8 Å². The molecule has 1 heterocycles. The van der Waals surface area contributed by atoms with E-state index < -0.39 is 36.7 Å². The van der Waals surface area contributed by atoms with Crippen LogP contribution in [-0.4, -0.2) is 36.0 Å². The maximum atomic E-state index is 14.1. The van der Waals surface area contributed by atoms with Crippen molar-refractivity contribution >= 4 is 34.8 Å². The van der Waals surface area contributed by atoms with Crippen molar-refractivity contribution in [3.63, 3.8) is 0 Å². The number of hydrogen-bond acceptors (Lipinski definition) is 4. The van der Waals surface area contributed by atoms with Gasteiger partial charge in [0.1, 0.15) is 6.42 Å². The van der Waals surface area contributed by atoms with Crippen LogP contribution in [0.5, 0.6) is 0 Å². The average molecular weight is 530 g/mol. The van der Waals surface area contributed by atoms with Crippen molar-refractivity contribution in [2.45, 2.75) is 37.7 Å². The molecule has 5 nitrogen and oxygen atoms in total. The number of nitrogens with one attached hydrogen (secondary N) is 1. The second-order valence-corrected chi connectivity index (χ2v) is 8.14. The van der Waals surface area contributed by atoms with Gasteiger partial charge in [-0.3, -0.25) is 15.2 Å². The Morgan fingerprint density at radius 1 is 1.32 bits per heavy atom. The Morgan fingerprint density at radius 3 is 2.50 bits per heavy atom. The highest BCUT2D eigenvalue weighted by Gasteiger charge is 2.62. The van der Waals surface area contributed by atoms with E-state index in [2.05, 4.69) is 11.7 Å². The van der Waals surface area contributed by atoms with E-state index in [-0.39, 0.29) is 32.6 Å². The third-order valence-electron chi connectivity index (χ3n) is 4.72. The minimum absolute atomic E-state index is 0.0420. The molecule has 1 aliphatic rings. The highest BCUT2D eigenvalue weighted by Crippen LogP contribution is 2.49. The number of likely N-dealkylation sites (N-methyl/N-ethyl adjacent to an activating group) is 1. The first kappa shape index (κ1) is 27.6. The lowest BCUT2D eigenvalue weighted by Crippen LogP contribution is -2.42. The summed E-state index contributed by atoms with van der Waals surface area (Å²) in [6, 6.07) is 5.09. The Morgan fingerprint density at radius 2 is 1.97 bits per heavy atom. The number of halogens is 8. The molecule has 0 saturated carbocycles. The third-order valence-corrected chi connectivity index (χ3v) is 5.31. The first-order chi connectivity index (χ1) is 15.6. The molecule has 1 aromatic carbocycles. The van der Waals surface area contributed by atoms with Gasteiger partial charge in [-0.15, -0.1) is 0 Å². The quantitative estimate of drug-likeness (QED) is 0.253. The zero-order valence-corrected chi connectivity index (χ0v) is 19.3. The van der Waals surface area contributed by atoms with Crippen molar-refractivity contribution in [2.75, 3.05) is 7.05 Å². The molecule has 0 saturated heterocycles. The fourth-order valence-electron chi connectivity index (χ4n) is 3.04. The van der Waals surface area contributed by atoms with Crippen LogP contribution in [0, 0.1) is 0 Å². The number of amides is 1. The molecule has 34 heavy (non-hydrogen) atoms. The first-order valence-corrected chi connectivity index (χ1v) is 10.2. The zero-order chi connectivity index (χ0) is 25.9. The molecule has 0 radical (unpaired) electrons. The van der Waals surface area contributed by atoms with Gasteiger partial charge in [0.05, 0.1) is 16.4 Å². The summed E-state index contributed by atoms with van der Waals surface area (Å²) in [5.74, 6) is -1.37. The van der Waals surface area contributed by atoms with Gasteiger partial charge in [-0.25, -0.2) is 0 Å². The fourth-order valence-corrected chi connectivity index (χ4v) is 3.41. The van der Waals surface area contributed by atoms with Gasteiger partial charge in [0.15, 0.2) is 0 Å². The van der Waals surface area contributed by atoms with E-state index in [1.54, 1.807) is 0 Å². The van der Waals surface area contributed by atoms with Crippen molar-refractivity contribution in [1.29, 1.82) is 0 Å². The number of allylic oxidation sites excluding steroid dienone is 4. The van der Waals surface area contributed by atoms with Crippen LogP contribution in [0.1, 0.15) is 25.3 Å². The molecule has 1 amide bonds. The number of carbonyl (C=O) groups is 1. The number of oxime groups is 1. The monoisotopic (exact) mass is 529 g/mol. The van der Waals surface area contributed by atoms with Crippen LogP contribution < -0.4 is 5.43 Å². The van der Waals surface area contributed by atoms with Crippen molar-refractivity contribution in [3.05, 3.63) is 69.9 Å². The van der Waals surface area contributed by atoms with Crippen LogP contribution in [-0.2, 0) is 15.2 Å². The topological polar surface area (TPSA) is 53.9 Å². The maximum absolute atomic E-state index is 14.1. The number of carbonyl (C=O) groups excluding carboxylic acids is 1. The largest absolute Gasteiger partial charge is 0.435 e. The normalized spacial score (nSPS) is 19.7. The number of benzene rings is 1. The lowest BCUT2D eigenvalue weighted by Gasteiger charge is -2.29. The van der Waals surface area contributed by atoms with Crippen LogP contribution in [0.3, 0.4) is 0 Å². The van der Waals surface area contributed by atoms with Crippen LogP contribution in [0.15, 0.2) is 64.5 Å². The summed E-state index contributed by atoms with van der Waals surface area (Å²) in [5.41, 5.74) is -1.04. The molecular weight excluding hydrogens is 511 g/mol. The lowest BCUT2D eigenvalue weighted by molar-refractivity contribution is -0.275. The maximum Gasteiger partial charge on any atom is 0.435 e. The summed E-state index contributed by atoms with van der Waals surface area (Å²) in [6.45, 7) is 4.86. The Kier molecular flexibility index (Phi) is 8.36. The molecule has 0 aliphatic carbocycles. The van der Waals surface area contributed by atoms with Gasteiger partial charge >= 0.3 is 12.4 Å². The van der Waals surface area contributed by atoms with Crippen molar-refractivity contribution in [2.24, 2.45) is 5.16 Å². The van der Waals surface area contributed by atoms with E-state index in [0.717, 1.165) is 17.2 Å². The lowest BCUT2D eigenvalue weighted by atomic mass is 9.86. The van der Waals surface area contributed by atoms with Crippen molar-refractivity contribution in [3.8, 4) is 0 Å². The van der Waals surface area contributed by atoms with Crippen molar-refractivity contribution < 1.29 is 36.0 Å². The predicted octanol–water partition coefficient (Wildman–Crippen LogP) is 6.37. The van der Waals surface area contributed by atoms with Gasteiger partial charge in [0.25, 0.3) is 5.60 Å². The summed E-state index contributed by atoms with van der Waals surface area (Å²) in [7, 11) is 1.21. The molecule has 0 aromatic heterocycles. The Labute approximate surface area is 201 Å². The molecule has 0 fully saturated rings. The third kappa shape index (κ3) is 6.47. The van der Waals surface area contributed by atoms with Crippen LogP contribution in [0.4, 0.5) is 26.3 Å². The van der Waals surface area contributed by atoms with E-state index in [4.69, 9.17) is 28.0 Å². The van der Waals surface area contributed by atoms with Crippen LogP contribution >= 0.6 is 23.2 Å². The van der Waals surface area contributed by atoms with E-state index >= 15 is 0 Å². The number of rotatable bonds is 7. The molecular formula is C21H19Cl2F6N3O2. The number of alkyl halides is 6. The van der Waals surface area contributed by atoms with E-state index in [0.29, 0.717) is 0 Å². The summed E-state index contributed by atoms with van der Waals surface area (Å²) in [4.78, 5) is 16.6. The Bertz CT molecular complexity index is 1050. The Hall–Kier alpha value is -2.66. The number of nitrogens with zero attached hydrogens (tertiary/aromatic N) is 2. The molecule has 1 aliphatic heterocycles. The molecule has 1 N–H and O–H groups in total. The smallest absolute Gasteiger partial charge is 0.374 e. The van der Waals surface area contributed by atoms with Crippen LogP contribution in [0.2, 0.25) is 5.02 Å². The van der Waals surface area contributed by atoms with Crippen molar-refractivity contribution in [1.82, 2.24) is 10.4 Å². The minimum Gasteiger partial charge on any atom is -0.374 e. The van der Waals surface area contributed by atoms with Gasteiger partial charge in [-0.1, -0.05) is 47.1 Å². The fraction of sp³-hybridized carbons (Fsp3) is 0.333.